The maximum atomic E-state index is 13.6. The van der Waals surface area contributed by atoms with E-state index in [1.807, 2.05) is 0 Å². The van der Waals surface area contributed by atoms with Gasteiger partial charge in [0.1, 0.15) is 11.5 Å². The zero-order valence-corrected chi connectivity index (χ0v) is 17.7. The largest absolute Gasteiger partial charge is 0.478 e. The van der Waals surface area contributed by atoms with Crippen LogP contribution in [-0.4, -0.2) is 28.9 Å². The third kappa shape index (κ3) is 4.64. The van der Waals surface area contributed by atoms with Gasteiger partial charge in [0.2, 0.25) is 0 Å². The van der Waals surface area contributed by atoms with Gasteiger partial charge in [0.25, 0.3) is 5.91 Å². The molecular weight excluding hydrogens is 484 g/mol. The van der Waals surface area contributed by atoms with Gasteiger partial charge in [-0.2, -0.15) is 23.3 Å². The minimum absolute atomic E-state index is 0.0393. The van der Waals surface area contributed by atoms with Crippen LogP contribution in [0.15, 0.2) is 69.7 Å². The Bertz CT molecular complexity index is 1330. The van der Waals surface area contributed by atoms with Crippen molar-refractivity contribution in [1.29, 1.82) is 0 Å². The molecule has 3 aromatic rings. The maximum absolute atomic E-state index is 13.6. The lowest BCUT2D eigenvalue weighted by Crippen LogP contribution is -2.25. The van der Waals surface area contributed by atoms with E-state index >= 15 is 0 Å². The molecular formula is C22H11Cl2F3N2O4. The predicted octanol–water partition coefficient (Wildman–Crippen LogP) is 6.30. The van der Waals surface area contributed by atoms with Crippen molar-refractivity contribution in [2.75, 3.05) is 5.01 Å². The van der Waals surface area contributed by atoms with E-state index in [0.717, 1.165) is 12.1 Å². The summed E-state index contributed by atoms with van der Waals surface area (Å²) in [5, 5.41) is 13.7. The number of aromatic carboxylic acids is 1. The highest BCUT2D eigenvalue weighted by Gasteiger charge is 2.47. The first-order valence-electron chi connectivity index (χ1n) is 9.15. The standard InChI is InChI=1S/C22H11Cl2F3N2O4/c23-13-6-12(7-14(24)9-13)18-5-4-16(33-18)10-17-19(22(25,26)27)28-29(20(17)30)15-3-1-2-11(8-15)21(31)32/h1-10H,(H,31,32)/b17-10+. The van der Waals surface area contributed by atoms with E-state index in [9.17, 15) is 22.8 Å². The summed E-state index contributed by atoms with van der Waals surface area (Å²) < 4.78 is 46.5. The minimum Gasteiger partial charge on any atom is -0.478 e. The van der Waals surface area contributed by atoms with Crippen molar-refractivity contribution < 1.29 is 32.3 Å². The normalized spacial score (nSPS) is 15.3. The smallest absolute Gasteiger partial charge is 0.435 e. The van der Waals surface area contributed by atoms with Crippen LogP contribution >= 0.6 is 23.2 Å². The molecule has 2 heterocycles. The molecule has 0 spiro atoms. The summed E-state index contributed by atoms with van der Waals surface area (Å²) in [6.45, 7) is 0. The van der Waals surface area contributed by atoms with Gasteiger partial charge in [0.15, 0.2) is 5.71 Å². The second-order valence-corrected chi connectivity index (χ2v) is 7.71. The Balaban J connectivity index is 1.73. The monoisotopic (exact) mass is 494 g/mol. The highest BCUT2D eigenvalue weighted by atomic mass is 35.5. The van der Waals surface area contributed by atoms with Crippen molar-refractivity contribution in [2.45, 2.75) is 6.18 Å². The first-order valence-corrected chi connectivity index (χ1v) is 9.90. The van der Waals surface area contributed by atoms with Crippen LogP contribution in [0.1, 0.15) is 16.1 Å². The van der Waals surface area contributed by atoms with Crippen LogP contribution in [0.4, 0.5) is 18.9 Å². The molecule has 0 atom stereocenters. The number of amides is 1. The molecule has 0 aliphatic carbocycles. The van der Waals surface area contributed by atoms with Gasteiger partial charge in [-0.25, -0.2) is 4.79 Å². The van der Waals surface area contributed by atoms with Crippen LogP contribution in [0.3, 0.4) is 0 Å². The quantitative estimate of drug-likeness (QED) is 0.431. The van der Waals surface area contributed by atoms with Crippen molar-refractivity contribution in [3.63, 3.8) is 0 Å². The number of hydrogen-bond acceptors (Lipinski definition) is 4. The number of carbonyl (C=O) groups excluding carboxylic acids is 1. The number of halogens is 5. The Morgan fingerprint density at radius 3 is 2.39 bits per heavy atom. The molecule has 1 aromatic heterocycles. The van der Waals surface area contributed by atoms with Crippen molar-refractivity contribution in [3.05, 3.63) is 81.5 Å². The van der Waals surface area contributed by atoms with Crippen LogP contribution in [0.5, 0.6) is 0 Å². The SMILES string of the molecule is O=C(O)c1cccc(N2N=C(C(F)(F)F)/C(=C\c3ccc(-c4cc(Cl)cc(Cl)c4)o3)C2=O)c1. The van der Waals surface area contributed by atoms with Gasteiger partial charge in [-0.15, -0.1) is 0 Å². The van der Waals surface area contributed by atoms with Crippen molar-refractivity contribution in [1.82, 2.24) is 0 Å². The number of nitrogens with zero attached hydrogens (tertiary/aromatic N) is 2. The number of carboxylic acid groups (broad SMARTS) is 1. The number of furan rings is 1. The van der Waals surface area contributed by atoms with Gasteiger partial charge in [0.05, 0.1) is 16.8 Å². The molecule has 0 unspecified atom stereocenters. The van der Waals surface area contributed by atoms with E-state index in [0.29, 0.717) is 20.6 Å². The minimum atomic E-state index is -4.95. The Morgan fingerprint density at radius 1 is 1.06 bits per heavy atom. The number of benzene rings is 2. The molecule has 0 saturated heterocycles. The Morgan fingerprint density at radius 2 is 1.76 bits per heavy atom. The molecule has 11 heteroatoms. The Kier molecular flexibility index (Phi) is 5.77. The maximum Gasteiger partial charge on any atom is 0.435 e. The molecule has 2 aromatic carbocycles. The van der Waals surface area contributed by atoms with Crippen LogP contribution in [-0.2, 0) is 4.79 Å². The van der Waals surface area contributed by atoms with Crippen molar-refractivity contribution in [3.8, 4) is 11.3 Å². The molecule has 0 saturated carbocycles. The summed E-state index contributed by atoms with van der Waals surface area (Å²) in [5.74, 6) is -2.16. The fourth-order valence-electron chi connectivity index (χ4n) is 3.12. The molecule has 1 amide bonds. The molecule has 1 N–H and O–H groups in total. The second kappa shape index (κ2) is 8.42. The van der Waals surface area contributed by atoms with Crippen LogP contribution < -0.4 is 5.01 Å². The van der Waals surface area contributed by atoms with E-state index in [2.05, 4.69) is 5.10 Å². The molecule has 0 fully saturated rings. The lowest BCUT2D eigenvalue weighted by atomic mass is 10.1. The topological polar surface area (TPSA) is 83.1 Å². The molecule has 1 aliphatic heterocycles. The van der Waals surface area contributed by atoms with Gasteiger partial charge >= 0.3 is 12.1 Å². The fourth-order valence-corrected chi connectivity index (χ4v) is 3.65. The van der Waals surface area contributed by atoms with Crippen LogP contribution in [0.2, 0.25) is 10.0 Å². The average Bonchev–Trinajstić information content (AvgIpc) is 3.33. The number of alkyl halides is 3. The molecule has 0 radical (unpaired) electrons. The number of carbonyl (C=O) groups is 2. The lowest BCUT2D eigenvalue weighted by Gasteiger charge is -2.11. The van der Waals surface area contributed by atoms with Crippen molar-refractivity contribution in [2.24, 2.45) is 5.10 Å². The summed E-state index contributed by atoms with van der Waals surface area (Å²) in [7, 11) is 0. The number of anilines is 1. The average molecular weight is 495 g/mol. The highest BCUT2D eigenvalue weighted by molar-refractivity contribution is 6.35. The van der Waals surface area contributed by atoms with Crippen molar-refractivity contribution >= 4 is 52.6 Å². The van der Waals surface area contributed by atoms with Crippen LogP contribution in [0.25, 0.3) is 17.4 Å². The highest BCUT2D eigenvalue weighted by Crippen LogP contribution is 2.34. The lowest BCUT2D eigenvalue weighted by molar-refractivity contribution is -0.114. The van der Waals surface area contributed by atoms with Gasteiger partial charge in [-0.05, 0) is 54.6 Å². The van der Waals surface area contributed by atoms with Gasteiger partial charge in [-0.1, -0.05) is 29.3 Å². The van der Waals surface area contributed by atoms with E-state index in [1.165, 1.54) is 36.4 Å². The number of rotatable bonds is 4. The Labute approximate surface area is 194 Å². The summed E-state index contributed by atoms with van der Waals surface area (Å²) in [4.78, 5) is 24.0. The van der Waals surface area contributed by atoms with Gasteiger partial charge in [-0.3, -0.25) is 4.79 Å². The van der Waals surface area contributed by atoms with Gasteiger partial charge in [0, 0.05) is 15.6 Å². The summed E-state index contributed by atoms with van der Waals surface area (Å²) in [6, 6.07) is 12.4. The third-order valence-electron chi connectivity index (χ3n) is 4.54. The Hall–Kier alpha value is -3.56. The zero-order valence-electron chi connectivity index (χ0n) is 16.2. The zero-order chi connectivity index (χ0) is 23.9. The van der Waals surface area contributed by atoms with Gasteiger partial charge < -0.3 is 9.52 Å². The molecule has 0 bridgehead atoms. The third-order valence-corrected chi connectivity index (χ3v) is 4.98. The van der Waals surface area contributed by atoms with E-state index in [-0.39, 0.29) is 22.8 Å². The van der Waals surface area contributed by atoms with E-state index in [4.69, 9.17) is 32.7 Å². The summed E-state index contributed by atoms with van der Waals surface area (Å²) >= 11 is 11.9. The predicted molar refractivity (Wildman–Crippen MR) is 117 cm³/mol. The van der Waals surface area contributed by atoms with Crippen LogP contribution in [0, 0.1) is 0 Å². The molecule has 4 rings (SSSR count). The molecule has 1 aliphatic rings. The van der Waals surface area contributed by atoms with E-state index in [1.54, 1.807) is 12.1 Å². The van der Waals surface area contributed by atoms with E-state index < -0.39 is 29.3 Å². The number of hydrogen-bond donors (Lipinski definition) is 1. The second-order valence-electron chi connectivity index (χ2n) is 6.84. The molecule has 168 valence electrons. The molecule has 33 heavy (non-hydrogen) atoms. The fraction of sp³-hybridized carbons (Fsp3) is 0.0455. The summed E-state index contributed by atoms with van der Waals surface area (Å²) in [5.41, 5.74) is -2.03. The number of carboxylic acids is 1. The summed E-state index contributed by atoms with van der Waals surface area (Å²) in [6.07, 6.45) is -4.03. The first-order chi connectivity index (χ1) is 15.5. The molecule has 6 nitrogen and oxygen atoms in total. The first kappa shape index (κ1) is 22.6. The number of hydrazone groups is 1.